The van der Waals surface area contributed by atoms with Crippen LogP contribution in [0.3, 0.4) is 0 Å². The Hall–Kier alpha value is -1.37. The Labute approximate surface area is 100 Å². The van der Waals surface area contributed by atoms with Gasteiger partial charge in [0.2, 0.25) is 5.91 Å². The molecule has 1 aromatic heterocycles. The Bertz CT molecular complexity index is 485. The van der Waals surface area contributed by atoms with Crippen molar-refractivity contribution in [3.05, 3.63) is 11.5 Å². The maximum atomic E-state index is 11.9. The molecule has 0 spiro atoms. The van der Waals surface area contributed by atoms with Crippen molar-refractivity contribution in [3.8, 4) is 0 Å². The van der Waals surface area contributed by atoms with E-state index in [0.29, 0.717) is 6.42 Å². The molecule has 0 aliphatic heterocycles. The van der Waals surface area contributed by atoms with Gasteiger partial charge < -0.3 is 4.52 Å². The summed E-state index contributed by atoms with van der Waals surface area (Å²) < 4.78 is 30.5. The zero-order valence-electron chi connectivity index (χ0n) is 10.1. The van der Waals surface area contributed by atoms with Crippen molar-refractivity contribution in [1.82, 2.24) is 9.88 Å². The van der Waals surface area contributed by atoms with Crippen LogP contribution < -0.4 is 4.72 Å². The van der Waals surface area contributed by atoms with Crippen molar-refractivity contribution in [1.29, 1.82) is 0 Å². The Morgan fingerprint density at radius 3 is 2.53 bits per heavy atom. The minimum Gasteiger partial charge on any atom is -0.360 e. The highest BCUT2D eigenvalue weighted by molar-refractivity contribution is 7.90. The van der Waals surface area contributed by atoms with Crippen molar-refractivity contribution in [3.63, 3.8) is 0 Å². The molecule has 0 unspecified atom stereocenters. The summed E-state index contributed by atoms with van der Waals surface area (Å²) in [4.78, 5) is 11.3. The van der Waals surface area contributed by atoms with Crippen molar-refractivity contribution in [2.75, 3.05) is 0 Å². The summed E-state index contributed by atoms with van der Waals surface area (Å²) in [5, 5.41) is 3.55. The monoisotopic (exact) mass is 260 g/mol. The molecule has 0 atom stereocenters. The lowest BCUT2D eigenvalue weighted by Gasteiger charge is -2.05. The van der Waals surface area contributed by atoms with Gasteiger partial charge in [-0.3, -0.25) is 4.79 Å². The molecule has 96 valence electrons. The number of hydrogen-bond acceptors (Lipinski definition) is 5. The highest BCUT2D eigenvalue weighted by Gasteiger charge is 2.25. The summed E-state index contributed by atoms with van der Waals surface area (Å²) in [6, 6.07) is 0. The molecule has 1 aromatic rings. The molecule has 7 heteroatoms. The third kappa shape index (κ3) is 3.29. The standard InChI is InChI=1S/C10H16N2O4S/c1-4-5-6-9(13)12-17(14,15)10-7(2)11-16-8(10)3/h4-6H2,1-3H3,(H,12,13). The van der Waals surface area contributed by atoms with Crippen LogP contribution >= 0.6 is 0 Å². The van der Waals surface area contributed by atoms with Gasteiger partial charge in [0.05, 0.1) is 0 Å². The number of nitrogens with zero attached hydrogens (tertiary/aromatic N) is 1. The van der Waals surface area contributed by atoms with E-state index in [-0.39, 0.29) is 22.8 Å². The average Bonchev–Trinajstić information content (AvgIpc) is 2.55. The van der Waals surface area contributed by atoms with Gasteiger partial charge in [0.15, 0.2) is 10.7 Å². The molecule has 1 rings (SSSR count). The van der Waals surface area contributed by atoms with Crippen LogP contribution in [0.1, 0.15) is 37.6 Å². The van der Waals surface area contributed by atoms with E-state index in [1.165, 1.54) is 13.8 Å². The van der Waals surface area contributed by atoms with Crippen LogP contribution in [0.25, 0.3) is 0 Å². The number of amides is 1. The molecule has 0 aliphatic rings. The molecule has 0 saturated carbocycles. The molecule has 1 amide bonds. The van der Waals surface area contributed by atoms with Crippen molar-refractivity contribution in [2.45, 2.75) is 44.9 Å². The Morgan fingerprint density at radius 2 is 2.06 bits per heavy atom. The Morgan fingerprint density at radius 1 is 1.41 bits per heavy atom. The molecule has 0 radical (unpaired) electrons. The predicted octanol–water partition coefficient (Wildman–Crippen LogP) is 1.29. The second-order valence-corrected chi connectivity index (χ2v) is 5.40. The fourth-order valence-electron chi connectivity index (χ4n) is 1.45. The SMILES string of the molecule is CCCCC(=O)NS(=O)(=O)c1c(C)noc1C. The first kappa shape index (κ1) is 13.7. The van der Waals surface area contributed by atoms with Gasteiger partial charge in [0.1, 0.15) is 5.69 Å². The molecule has 0 saturated heterocycles. The minimum absolute atomic E-state index is 0.0534. The normalized spacial score (nSPS) is 11.5. The smallest absolute Gasteiger partial charge is 0.269 e. The van der Waals surface area contributed by atoms with Crippen molar-refractivity contribution in [2.24, 2.45) is 0 Å². The van der Waals surface area contributed by atoms with E-state index in [1.54, 1.807) is 0 Å². The number of aromatic nitrogens is 1. The molecule has 0 aromatic carbocycles. The number of aryl methyl sites for hydroxylation is 2. The molecule has 1 heterocycles. The molecule has 0 bridgehead atoms. The van der Waals surface area contributed by atoms with E-state index in [9.17, 15) is 13.2 Å². The molecule has 0 aliphatic carbocycles. The third-order valence-corrected chi connectivity index (χ3v) is 3.86. The summed E-state index contributed by atoms with van der Waals surface area (Å²) in [6.45, 7) is 4.93. The number of carbonyl (C=O) groups excluding carboxylic acids is 1. The quantitative estimate of drug-likeness (QED) is 0.861. The summed E-state index contributed by atoms with van der Waals surface area (Å²) >= 11 is 0. The van der Waals surface area contributed by atoms with Crippen molar-refractivity contribution < 1.29 is 17.7 Å². The largest absolute Gasteiger partial charge is 0.360 e. The van der Waals surface area contributed by atoms with Gasteiger partial charge in [0.25, 0.3) is 10.0 Å². The Balaban J connectivity index is 2.87. The van der Waals surface area contributed by atoms with Crippen LogP contribution in [0, 0.1) is 13.8 Å². The van der Waals surface area contributed by atoms with Crippen LogP contribution in [0.2, 0.25) is 0 Å². The fraction of sp³-hybridized carbons (Fsp3) is 0.600. The lowest BCUT2D eigenvalue weighted by molar-refractivity contribution is -0.119. The van der Waals surface area contributed by atoms with E-state index >= 15 is 0 Å². The minimum atomic E-state index is -3.86. The summed E-state index contributed by atoms with van der Waals surface area (Å²) in [7, 11) is -3.86. The number of hydrogen-bond donors (Lipinski definition) is 1. The van der Waals surface area contributed by atoms with Crippen LogP contribution in [-0.4, -0.2) is 19.5 Å². The fourth-order valence-corrected chi connectivity index (χ4v) is 2.79. The van der Waals surface area contributed by atoms with E-state index in [1.807, 2.05) is 11.6 Å². The second kappa shape index (κ2) is 5.31. The predicted molar refractivity (Wildman–Crippen MR) is 60.8 cm³/mol. The first-order valence-electron chi connectivity index (χ1n) is 5.37. The lowest BCUT2D eigenvalue weighted by Crippen LogP contribution is -2.30. The molecule has 0 fully saturated rings. The summed E-state index contributed by atoms with van der Waals surface area (Å²) in [5.74, 6) is -0.329. The molecular formula is C10H16N2O4S. The van der Waals surface area contributed by atoms with Gasteiger partial charge in [-0.1, -0.05) is 18.5 Å². The molecule has 1 N–H and O–H groups in total. The maximum Gasteiger partial charge on any atom is 0.269 e. The third-order valence-electron chi connectivity index (χ3n) is 2.24. The van der Waals surface area contributed by atoms with Crippen molar-refractivity contribution >= 4 is 15.9 Å². The first-order valence-corrected chi connectivity index (χ1v) is 6.85. The number of unbranched alkanes of at least 4 members (excludes halogenated alkanes) is 1. The second-order valence-electron chi connectivity index (χ2n) is 3.79. The lowest BCUT2D eigenvalue weighted by atomic mass is 10.2. The number of nitrogens with one attached hydrogen (secondary N) is 1. The van der Waals surface area contributed by atoms with E-state index in [2.05, 4.69) is 5.16 Å². The topological polar surface area (TPSA) is 89.3 Å². The highest BCUT2D eigenvalue weighted by Crippen LogP contribution is 2.18. The zero-order chi connectivity index (χ0) is 13.1. The summed E-state index contributed by atoms with van der Waals surface area (Å²) in [5.41, 5.74) is 0.248. The number of rotatable bonds is 5. The van der Waals surface area contributed by atoms with E-state index in [4.69, 9.17) is 4.52 Å². The van der Waals surface area contributed by atoms with E-state index < -0.39 is 15.9 Å². The van der Waals surface area contributed by atoms with Crippen LogP contribution in [-0.2, 0) is 14.8 Å². The van der Waals surface area contributed by atoms with Gasteiger partial charge in [0, 0.05) is 6.42 Å². The maximum absolute atomic E-state index is 11.9. The molecule has 6 nitrogen and oxygen atoms in total. The van der Waals surface area contributed by atoms with Crippen LogP contribution in [0.5, 0.6) is 0 Å². The number of carbonyl (C=O) groups is 1. The zero-order valence-corrected chi connectivity index (χ0v) is 10.9. The molecular weight excluding hydrogens is 244 g/mol. The average molecular weight is 260 g/mol. The number of sulfonamides is 1. The van der Waals surface area contributed by atoms with Crippen LogP contribution in [0.15, 0.2) is 9.42 Å². The van der Waals surface area contributed by atoms with Crippen LogP contribution in [0.4, 0.5) is 0 Å². The van der Waals surface area contributed by atoms with Gasteiger partial charge >= 0.3 is 0 Å². The van der Waals surface area contributed by atoms with Gasteiger partial charge in [-0.2, -0.15) is 0 Å². The Kier molecular flexibility index (Phi) is 4.28. The summed E-state index contributed by atoms with van der Waals surface area (Å²) in [6.07, 6.45) is 1.68. The van der Waals surface area contributed by atoms with Gasteiger partial charge in [-0.05, 0) is 20.3 Å². The first-order chi connectivity index (χ1) is 7.88. The van der Waals surface area contributed by atoms with Gasteiger partial charge in [-0.25, -0.2) is 13.1 Å². The van der Waals surface area contributed by atoms with E-state index in [0.717, 1.165) is 6.42 Å². The van der Waals surface area contributed by atoms with Gasteiger partial charge in [-0.15, -0.1) is 0 Å². The highest BCUT2D eigenvalue weighted by atomic mass is 32.2. The molecule has 17 heavy (non-hydrogen) atoms.